The van der Waals surface area contributed by atoms with Crippen LogP contribution in [0.3, 0.4) is 0 Å². The molecule has 1 atom stereocenters. The molecule has 0 aliphatic carbocycles. The van der Waals surface area contributed by atoms with Gasteiger partial charge in [-0.2, -0.15) is 15.0 Å². The lowest BCUT2D eigenvalue weighted by Gasteiger charge is -2.30. The summed E-state index contributed by atoms with van der Waals surface area (Å²) in [5, 5.41) is 12.1. The van der Waals surface area contributed by atoms with Gasteiger partial charge in [0, 0.05) is 26.2 Å². The largest absolute Gasteiger partial charge is 0.374 e. The highest BCUT2D eigenvalue weighted by atomic mass is 16.5. The average molecular weight is 287 g/mol. The molecule has 0 bridgehead atoms. The van der Waals surface area contributed by atoms with Crippen molar-refractivity contribution in [3.63, 3.8) is 0 Å². The highest BCUT2D eigenvalue weighted by Crippen LogP contribution is 2.05. The molecule has 1 aliphatic rings. The van der Waals surface area contributed by atoms with E-state index in [-0.39, 0.29) is 6.10 Å². The Bertz CT molecular complexity index is 556. The number of likely N-dealkylation sites (N-methyl/N-ethyl adjacent to an activating group) is 1. The van der Waals surface area contributed by atoms with Crippen LogP contribution in [0.15, 0.2) is 36.5 Å². The molecule has 3 rings (SSSR count). The SMILES string of the molecule is CN1CCO[C@H](CNCc2cnn(-c3ccccc3)n2)C1. The highest BCUT2D eigenvalue weighted by Gasteiger charge is 2.17. The lowest BCUT2D eigenvalue weighted by molar-refractivity contribution is -0.0182. The summed E-state index contributed by atoms with van der Waals surface area (Å²) in [6, 6.07) is 9.92. The average Bonchev–Trinajstić information content (AvgIpc) is 2.97. The van der Waals surface area contributed by atoms with E-state index in [4.69, 9.17) is 4.74 Å². The van der Waals surface area contributed by atoms with Gasteiger partial charge in [0.2, 0.25) is 0 Å². The number of morpholine rings is 1. The summed E-state index contributed by atoms with van der Waals surface area (Å²) >= 11 is 0. The number of rotatable bonds is 5. The van der Waals surface area contributed by atoms with Crippen LogP contribution < -0.4 is 5.32 Å². The van der Waals surface area contributed by atoms with E-state index in [1.165, 1.54) is 0 Å². The Kier molecular flexibility index (Phi) is 4.59. The molecule has 0 saturated carbocycles. The first-order valence-corrected chi connectivity index (χ1v) is 7.29. The molecular formula is C15H21N5O. The fourth-order valence-electron chi connectivity index (χ4n) is 2.41. The number of para-hydroxylation sites is 1. The summed E-state index contributed by atoms with van der Waals surface area (Å²) in [7, 11) is 2.13. The molecule has 1 fully saturated rings. The maximum atomic E-state index is 5.72. The third kappa shape index (κ3) is 3.87. The number of nitrogens with zero attached hydrogens (tertiary/aromatic N) is 4. The first-order valence-electron chi connectivity index (χ1n) is 7.29. The molecule has 2 aromatic rings. The Morgan fingerprint density at radius 2 is 2.19 bits per heavy atom. The predicted octanol–water partition coefficient (Wildman–Crippen LogP) is 0.687. The molecule has 1 saturated heterocycles. The zero-order valence-corrected chi connectivity index (χ0v) is 12.3. The van der Waals surface area contributed by atoms with Crippen molar-refractivity contribution < 1.29 is 4.74 Å². The minimum absolute atomic E-state index is 0.257. The van der Waals surface area contributed by atoms with Gasteiger partial charge >= 0.3 is 0 Å². The van der Waals surface area contributed by atoms with Crippen LogP contribution in [0.4, 0.5) is 0 Å². The highest BCUT2D eigenvalue weighted by molar-refractivity contribution is 5.28. The van der Waals surface area contributed by atoms with E-state index in [1.54, 1.807) is 11.0 Å². The Balaban J connectivity index is 1.49. The van der Waals surface area contributed by atoms with E-state index in [1.807, 2.05) is 30.3 Å². The van der Waals surface area contributed by atoms with Crippen LogP contribution in [0.5, 0.6) is 0 Å². The molecule has 1 aromatic carbocycles. The second-order valence-electron chi connectivity index (χ2n) is 5.35. The summed E-state index contributed by atoms with van der Waals surface area (Å²) in [6.45, 7) is 4.34. The van der Waals surface area contributed by atoms with Crippen molar-refractivity contribution >= 4 is 0 Å². The Hall–Kier alpha value is -1.76. The molecular weight excluding hydrogens is 266 g/mol. The number of hydrogen-bond donors (Lipinski definition) is 1. The Morgan fingerprint density at radius 1 is 1.33 bits per heavy atom. The standard InChI is InChI=1S/C15H21N5O/c1-19-7-8-21-15(12-19)11-16-9-13-10-17-20(18-13)14-5-3-2-4-6-14/h2-6,10,15-16H,7-9,11-12H2,1H3/t15-/m1/s1. The monoisotopic (exact) mass is 287 g/mol. The summed E-state index contributed by atoms with van der Waals surface area (Å²) in [4.78, 5) is 3.95. The van der Waals surface area contributed by atoms with Gasteiger partial charge in [0.15, 0.2) is 0 Å². The van der Waals surface area contributed by atoms with Crippen LogP contribution in [-0.2, 0) is 11.3 Å². The molecule has 1 aliphatic heterocycles. The maximum Gasteiger partial charge on any atom is 0.0969 e. The van der Waals surface area contributed by atoms with E-state index in [0.29, 0.717) is 6.54 Å². The second kappa shape index (κ2) is 6.80. The van der Waals surface area contributed by atoms with Gasteiger partial charge in [-0.1, -0.05) is 18.2 Å². The van der Waals surface area contributed by atoms with Crippen LogP contribution in [0.2, 0.25) is 0 Å². The Morgan fingerprint density at radius 3 is 3.00 bits per heavy atom. The van der Waals surface area contributed by atoms with Crippen LogP contribution in [0, 0.1) is 0 Å². The molecule has 0 unspecified atom stereocenters. The normalized spacial score (nSPS) is 19.8. The van der Waals surface area contributed by atoms with Crippen molar-refractivity contribution in [3.05, 3.63) is 42.2 Å². The minimum Gasteiger partial charge on any atom is -0.374 e. The van der Waals surface area contributed by atoms with Gasteiger partial charge in [-0.3, -0.25) is 0 Å². The van der Waals surface area contributed by atoms with Gasteiger partial charge < -0.3 is 15.0 Å². The van der Waals surface area contributed by atoms with Crippen molar-refractivity contribution in [3.8, 4) is 5.69 Å². The van der Waals surface area contributed by atoms with Crippen molar-refractivity contribution in [1.82, 2.24) is 25.2 Å². The molecule has 6 nitrogen and oxygen atoms in total. The number of ether oxygens (including phenoxy) is 1. The fourth-order valence-corrected chi connectivity index (χ4v) is 2.41. The van der Waals surface area contributed by atoms with Crippen LogP contribution in [0.25, 0.3) is 5.69 Å². The zero-order valence-electron chi connectivity index (χ0n) is 12.3. The fraction of sp³-hybridized carbons (Fsp3) is 0.467. The molecule has 112 valence electrons. The molecule has 0 radical (unpaired) electrons. The van der Waals surface area contributed by atoms with Gasteiger partial charge in [0.05, 0.1) is 30.3 Å². The molecule has 1 N–H and O–H groups in total. The third-order valence-corrected chi connectivity index (χ3v) is 3.55. The molecule has 6 heteroatoms. The molecule has 1 aromatic heterocycles. The van der Waals surface area contributed by atoms with Gasteiger partial charge in [0.1, 0.15) is 0 Å². The van der Waals surface area contributed by atoms with Crippen molar-refractivity contribution in [1.29, 1.82) is 0 Å². The Labute approximate surface area is 124 Å². The van der Waals surface area contributed by atoms with E-state index in [0.717, 1.165) is 37.6 Å². The smallest absolute Gasteiger partial charge is 0.0969 e. The molecule has 21 heavy (non-hydrogen) atoms. The van der Waals surface area contributed by atoms with E-state index >= 15 is 0 Å². The molecule has 0 amide bonds. The number of hydrogen-bond acceptors (Lipinski definition) is 5. The molecule has 2 heterocycles. The number of benzene rings is 1. The topological polar surface area (TPSA) is 55.2 Å². The second-order valence-corrected chi connectivity index (χ2v) is 5.35. The van der Waals surface area contributed by atoms with Gasteiger partial charge in [-0.25, -0.2) is 0 Å². The molecule has 0 spiro atoms. The van der Waals surface area contributed by atoms with Crippen LogP contribution in [0.1, 0.15) is 5.69 Å². The van der Waals surface area contributed by atoms with Crippen molar-refractivity contribution in [2.24, 2.45) is 0 Å². The number of nitrogens with one attached hydrogen (secondary N) is 1. The third-order valence-electron chi connectivity index (χ3n) is 3.55. The predicted molar refractivity (Wildman–Crippen MR) is 80.3 cm³/mol. The maximum absolute atomic E-state index is 5.72. The quantitative estimate of drug-likeness (QED) is 0.877. The number of aromatic nitrogens is 3. The lowest BCUT2D eigenvalue weighted by Crippen LogP contribution is -2.44. The first kappa shape index (κ1) is 14.2. The van der Waals surface area contributed by atoms with Gasteiger partial charge in [-0.15, -0.1) is 0 Å². The summed E-state index contributed by atoms with van der Waals surface area (Å²) < 4.78 is 5.72. The summed E-state index contributed by atoms with van der Waals surface area (Å²) in [5.41, 5.74) is 1.91. The van der Waals surface area contributed by atoms with E-state index in [2.05, 4.69) is 27.5 Å². The summed E-state index contributed by atoms with van der Waals surface area (Å²) in [5.74, 6) is 0. The zero-order chi connectivity index (χ0) is 14.5. The minimum atomic E-state index is 0.257. The van der Waals surface area contributed by atoms with Gasteiger partial charge in [0.25, 0.3) is 0 Å². The lowest BCUT2D eigenvalue weighted by atomic mass is 10.3. The van der Waals surface area contributed by atoms with Gasteiger partial charge in [-0.05, 0) is 19.2 Å². The first-order chi connectivity index (χ1) is 10.3. The van der Waals surface area contributed by atoms with E-state index < -0.39 is 0 Å². The van der Waals surface area contributed by atoms with E-state index in [9.17, 15) is 0 Å². The van der Waals surface area contributed by atoms with Crippen molar-refractivity contribution in [2.75, 3.05) is 33.3 Å². The van der Waals surface area contributed by atoms with Crippen molar-refractivity contribution in [2.45, 2.75) is 12.6 Å². The van der Waals surface area contributed by atoms with Crippen LogP contribution >= 0.6 is 0 Å². The summed E-state index contributed by atoms with van der Waals surface area (Å²) in [6.07, 6.45) is 2.06. The van der Waals surface area contributed by atoms with Crippen LogP contribution in [-0.4, -0.2) is 59.3 Å².